The molecule has 0 aliphatic rings. The van der Waals surface area contributed by atoms with Gasteiger partial charge in [-0.3, -0.25) is 4.79 Å². The fraction of sp³-hybridized carbons (Fsp3) is 0.222. The van der Waals surface area contributed by atoms with Crippen molar-refractivity contribution in [1.82, 2.24) is 5.32 Å². The van der Waals surface area contributed by atoms with Crippen LogP contribution in [-0.4, -0.2) is 25.1 Å². The SMILES string of the molecule is CCOC(=O)COc1cccc(C(=O)NCc2cccc(Cl)c2)c1. The summed E-state index contributed by atoms with van der Waals surface area (Å²) in [5.41, 5.74) is 1.35. The third-order valence-electron chi connectivity index (χ3n) is 3.10. The predicted molar refractivity (Wildman–Crippen MR) is 91.2 cm³/mol. The molecule has 1 amide bonds. The van der Waals surface area contributed by atoms with Gasteiger partial charge in [-0.05, 0) is 42.8 Å². The van der Waals surface area contributed by atoms with E-state index >= 15 is 0 Å². The predicted octanol–water partition coefficient (Wildman–Crippen LogP) is 3.21. The van der Waals surface area contributed by atoms with Gasteiger partial charge >= 0.3 is 5.97 Å². The molecule has 6 heteroatoms. The number of carbonyl (C=O) groups excluding carboxylic acids is 2. The molecule has 0 aliphatic heterocycles. The lowest BCUT2D eigenvalue weighted by molar-refractivity contribution is -0.145. The molecule has 1 N–H and O–H groups in total. The third kappa shape index (κ3) is 5.59. The Bertz CT molecular complexity index is 718. The van der Waals surface area contributed by atoms with Crippen LogP contribution < -0.4 is 10.1 Å². The van der Waals surface area contributed by atoms with Crippen molar-refractivity contribution in [2.45, 2.75) is 13.5 Å². The average Bonchev–Trinajstić information content (AvgIpc) is 2.58. The number of nitrogens with one attached hydrogen (secondary N) is 1. The lowest BCUT2D eigenvalue weighted by Crippen LogP contribution is -2.22. The zero-order valence-electron chi connectivity index (χ0n) is 13.3. The number of ether oxygens (including phenoxy) is 2. The van der Waals surface area contributed by atoms with Gasteiger partial charge in [0.2, 0.25) is 0 Å². The summed E-state index contributed by atoms with van der Waals surface area (Å²) in [5, 5.41) is 3.43. The van der Waals surface area contributed by atoms with Gasteiger partial charge in [0, 0.05) is 17.1 Å². The first-order valence-electron chi connectivity index (χ1n) is 7.49. The van der Waals surface area contributed by atoms with Gasteiger partial charge in [0.15, 0.2) is 6.61 Å². The minimum absolute atomic E-state index is 0.193. The third-order valence-corrected chi connectivity index (χ3v) is 3.34. The van der Waals surface area contributed by atoms with Crippen LogP contribution in [0.4, 0.5) is 0 Å². The minimum Gasteiger partial charge on any atom is -0.482 e. The normalized spacial score (nSPS) is 10.1. The molecule has 0 unspecified atom stereocenters. The Hall–Kier alpha value is -2.53. The number of hydrogen-bond donors (Lipinski definition) is 1. The van der Waals surface area contributed by atoms with E-state index in [0.717, 1.165) is 5.56 Å². The Morgan fingerprint density at radius 1 is 1.12 bits per heavy atom. The van der Waals surface area contributed by atoms with E-state index in [9.17, 15) is 9.59 Å². The molecule has 0 heterocycles. The number of carbonyl (C=O) groups is 2. The molecule has 2 aromatic rings. The van der Waals surface area contributed by atoms with E-state index < -0.39 is 5.97 Å². The maximum atomic E-state index is 12.2. The minimum atomic E-state index is -0.451. The highest BCUT2D eigenvalue weighted by Gasteiger charge is 2.08. The molecule has 0 bridgehead atoms. The first kappa shape index (κ1) is 17.8. The van der Waals surface area contributed by atoms with E-state index in [1.54, 1.807) is 43.3 Å². The molecule has 24 heavy (non-hydrogen) atoms. The molecule has 5 nitrogen and oxygen atoms in total. The molecule has 0 atom stereocenters. The zero-order valence-corrected chi connectivity index (χ0v) is 14.0. The van der Waals surface area contributed by atoms with Gasteiger partial charge in [0.1, 0.15) is 5.75 Å². The second kappa shape index (κ2) is 8.93. The number of rotatable bonds is 7. The summed E-state index contributed by atoms with van der Waals surface area (Å²) < 4.78 is 10.1. The largest absolute Gasteiger partial charge is 0.482 e. The van der Waals surface area contributed by atoms with E-state index in [1.165, 1.54) is 0 Å². The summed E-state index contributed by atoms with van der Waals surface area (Å²) in [7, 11) is 0. The molecule has 0 spiro atoms. The lowest BCUT2D eigenvalue weighted by Gasteiger charge is -2.09. The molecule has 2 rings (SSSR count). The first-order chi connectivity index (χ1) is 11.6. The van der Waals surface area contributed by atoms with Crippen LogP contribution in [0.1, 0.15) is 22.8 Å². The molecule has 0 aliphatic carbocycles. The zero-order chi connectivity index (χ0) is 17.4. The Kier molecular flexibility index (Phi) is 6.63. The molecular weight excluding hydrogens is 330 g/mol. The van der Waals surface area contributed by atoms with E-state index in [1.807, 2.05) is 12.1 Å². The van der Waals surface area contributed by atoms with Crippen molar-refractivity contribution in [2.24, 2.45) is 0 Å². The summed E-state index contributed by atoms with van der Waals surface area (Å²) in [6.45, 7) is 2.20. The van der Waals surface area contributed by atoms with Gasteiger partial charge in [0.05, 0.1) is 6.61 Å². The van der Waals surface area contributed by atoms with Gasteiger partial charge in [0.25, 0.3) is 5.91 Å². The number of amides is 1. The summed E-state index contributed by atoms with van der Waals surface area (Å²) in [5.74, 6) is -0.261. The maximum absolute atomic E-state index is 12.2. The average molecular weight is 348 g/mol. The van der Waals surface area contributed by atoms with E-state index in [2.05, 4.69) is 5.32 Å². The summed E-state index contributed by atoms with van der Waals surface area (Å²) in [6.07, 6.45) is 0. The highest BCUT2D eigenvalue weighted by atomic mass is 35.5. The fourth-order valence-corrected chi connectivity index (χ4v) is 2.22. The highest BCUT2D eigenvalue weighted by Crippen LogP contribution is 2.14. The fourth-order valence-electron chi connectivity index (χ4n) is 2.00. The number of halogens is 1. The Morgan fingerprint density at radius 3 is 2.67 bits per heavy atom. The Balaban J connectivity index is 1.92. The van der Waals surface area contributed by atoms with Crippen molar-refractivity contribution in [3.05, 3.63) is 64.7 Å². The van der Waals surface area contributed by atoms with Gasteiger partial charge in [-0.1, -0.05) is 29.8 Å². The van der Waals surface area contributed by atoms with Crippen molar-refractivity contribution in [3.8, 4) is 5.75 Å². The molecule has 0 saturated carbocycles. The standard InChI is InChI=1S/C18H18ClNO4/c1-2-23-17(21)12-24-16-8-4-6-14(10-16)18(22)20-11-13-5-3-7-15(19)9-13/h3-10H,2,11-12H2,1H3,(H,20,22). The van der Waals surface area contributed by atoms with Gasteiger partial charge < -0.3 is 14.8 Å². The maximum Gasteiger partial charge on any atom is 0.344 e. The van der Waals surface area contributed by atoms with Gasteiger partial charge in [-0.2, -0.15) is 0 Å². The smallest absolute Gasteiger partial charge is 0.344 e. The van der Waals surface area contributed by atoms with Crippen LogP contribution >= 0.6 is 11.6 Å². The number of benzene rings is 2. The first-order valence-corrected chi connectivity index (χ1v) is 7.87. The topological polar surface area (TPSA) is 64.6 Å². The van der Waals surface area contributed by atoms with Crippen LogP contribution in [0.5, 0.6) is 5.75 Å². The molecule has 0 fully saturated rings. The second-order valence-corrected chi connectivity index (χ2v) is 5.37. The van der Waals surface area contributed by atoms with Crippen molar-refractivity contribution in [3.63, 3.8) is 0 Å². The van der Waals surface area contributed by atoms with E-state index in [-0.39, 0.29) is 12.5 Å². The van der Waals surface area contributed by atoms with E-state index in [0.29, 0.717) is 29.5 Å². The molecule has 0 aromatic heterocycles. The Morgan fingerprint density at radius 2 is 1.92 bits per heavy atom. The van der Waals surface area contributed by atoms with Crippen molar-refractivity contribution in [1.29, 1.82) is 0 Å². The van der Waals surface area contributed by atoms with Crippen molar-refractivity contribution in [2.75, 3.05) is 13.2 Å². The van der Waals surface area contributed by atoms with Crippen LogP contribution in [0.25, 0.3) is 0 Å². The molecular formula is C18H18ClNO4. The molecule has 0 saturated heterocycles. The lowest BCUT2D eigenvalue weighted by atomic mass is 10.2. The van der Waals surface area contributed by atoms with Crippen LogP contribution in [-0.2, 0) is 16.1 Å². The van der Waals surface area contributed by atoms with Gasteiger partial charge in [-0.25, -0.2) is 4.79 Å². The van der Waals surface area contributed by atoms with E-state index in [4.69, 9.17) is 21.1 Å². The van der Waals surface area contributed by atoms with Crippen LogP contribution in [0.2, 0.25) is 5.02 Å². The summed E-state index contributed by atoms with van der Waals surface area (Å²) >= 11 is 5.91. The summed E-state index contributed by atoms with van der Waals surface area (Å²) in [6, 6.07) is 13.9. The van der Waals surface area contributed by atoms with Crippen LogP contribution in [0.3, 0.4) is 0 Å². The van der Waals surface area contributed by atoms with Crippen molar-refractivity contribution < 1.29 is 19.1 Å². The Labute approximate surface area is 145 Å². The van der Waals surface area contributed by atoms with Crippen molar-refractivity contribution >= 4 is 23.5 Å². The monoisotopic (exact) mass is 347 g/mol. The molecule has 2 aromatic carbocycles. The number of hydrogen-bond acceptors (Lipinski definition) is 4. The molecule has 126 valence electrons. The van der Waals surface area contributed by atoms with Crippen LogP contribution in [0.15, 0.2) is 48.5 Å². The number of esters is 1. The van der Waals surface area contributed by atoms with Crippen LogP contribution in [0, 0.1) is 0 Å². The molecule has 0 radical (unpaired) electrons. The summed E-state index contributed by atoms with van der Waals surface area (Å²) in [4.78, 5) is 23.5. The second-order valence-electron chi connectivity index (χ2n) is 4.93. The van der Waals surface area contributed by atoms with Gasteiger partial charge in [-0.15, -0.1) is 0 Å². The quantitative estimate of drug-likeness (QED) is 0.781. The highest BCUT2D eigenvalue weighted by molar-refractivity contribution is 6.30.